The van der Waals surface area contributed by atoms with Gasteiger partial charge in [0.05, 0.1) is 26.9 Å². The molecule has 0 saturated heterocycles. The Morgan fingerprint density at radius 2 is 1.78 bits per heavy atom. The number of amides is 2. The molecule has 1 aliphatic rings. The molecule has 0 spiro atoms. The number of pyridine rings is 1. The molecule has 1 fully saturated rings. The minimum Gasteiger partial charge on any atom is -0.349 e. The molecule has 1 aromatic heterocycles. The van der Waals surface area contributed by atoms with Crippen molar-refractivity contribution in [2.75, 3.05) is 5.32 Å². The number of hydrogen-bond donors (Lipinski definition) is 2. The Labute approximate surface area is 143 Å². The molecule has 0 aliphatic heterocycles. The van der Waals surface area contributed by atoms with E-state index in [-0.39, 0.29) is 22.5 Å². The summed E-state index contributed by atoms with van der Waals surface area (Å²) in [6.07, 6.45) is 4.81. The van der Waals surface area contributed by atoms with Gasteiger partial charge in [0.15, 0.2) is 0 Å². The standard InChI is InChI=1S/C16H13Cl2N3O2/c17-12-2-1-3-13(14(12)18)21-16(23)10-6-9(7-19-8-10)15(22)20-11-4-5-11/h1-3,6-8,11H,4-5H2,(H,20,22)(H,21,23). The summed E-state index contributed by atoms with van der Waals surface area (Å²) in [5.74, 6) is -0.641. The van der Waals surface area contributed by atoms with Crippen LogP contribution in [0.5, 0.6) is 0 Å². The van der Waals surface area contributed by atoms with Gasteiger partial charge in [-0.25, -0.2) is 0 Å². The number of nitrogens with zero attached hydrogens (tertiary/aromatic N) is 1. The van der Waals surface area contributed by atoms with Crippen molar-refractivity contribution in [1.82, 2.24) is 10.3 Å². The zero-order valence-electron chi connectivity index (χ0n) is 12.0. The highest BCUT2D eigenvalue weighted by molar-refractivity contribution is 6.44. The number of carbonyl (C=O) groups excluding carboxylic acids is 2. The maximum atomic E-state index is 12.3. The first kappa shape index (κ1) is 15.8. The molecule has 2 amide bonds. The van der Waals surface area contributed by atoms with Gasteiger partial charge in [-0.1, -0.05) is 29.3 Å². The molecule has 1 heterocycles. The lowest BCUT2D eigenvalue weighted by Gasteiger charge is -2.09. The normalized spacial score (nSPS) is 13.5. The van der Waals surface area contributed by atoms with Crippen molar-refractivity contribution in [2.45, 2.75) is 18.9 Å². The molecule has 0 bridgehead atoms. The Kier molecular flexibility index (Phi) is 4.50. The molecule has 7 heteroatoms. The van der Waals surface area contributed by atoms with Crippen LogP contribution < -0.4 is 10.6 Å². The van der Waals surface area contributed by atoms with Crippen LogP contribution in [-0.4, -0.2) is 22.8 Å². The Balaban J connectivity index is 1.76. The predicted molar refractivity (Wildman–Crippen MR) is 89.1 cm³/mol. The van der Waals surface area contributed by atoms with Gasteiger partial charge >= 0.3 is 0 Å². The summed E-state index contributed by atoms with van der Waals surface area (Å²) in [5, 5.41) is 6.12. The zero-order chi connectivity index (χ0) is 16.4. The highest BCUT2D eigenvalue weighted by atomic mass is 35.5. The van der Waals surface area contributed by atoms with E-state index in [1.54, 1.807) is 18.2 Å². The van der Waals surface area contributed by atoms with Crippen molar-refractivity contribution in [2.24, 2.45) is 0 Å². The fourth-order valence-electron chi connectivity index (χ4n) is 1.98. The second-order valence-electron chi connectivity index (χ2n) is 5.27. The van der Waals surface area contributed by atoms with Crippen LogP contribution in [0.25, 0.3) is 0 Å². The van der Waals surface area contributed by atoms with Gasteiger partial charge in [0.2, 0.25) is 0 Å². The first-order valence-corrected chi connectivity index (χ1v) is 7.81. The van der Waals surface area contributed by atoms with Crippen LogP contribution in [0.4, 0.5) is 5.69 Å². The number of nitrogens with one attached hydrogen (secondary N) is 2. The topological polar surface area (TPSA) is 71.1 Å². The second kappa shape index (κ2) is 6.56. The highest BCUT2D eigenvalue weighted by Crippen LogP contribution is 2.29. The van der Waals surface area contributed by atoms with Gasteiger partial charge in [0, 0.05) is 18.4 Å². The van der Waals surface area contributed by atoms with Gasteiger partial charge < -0.3 is 10.6 Å². The van der Waals surface area contributed by atoms with Gasteiger partial charge in [0.1, 0.15) is 0 Å². The Hall–Kier alpha value is -2.11. The molecule has 1 aromatic carbocycles. The molecule has 0 atom stereocenters. The van der Waals surface area contributed by atoms with Crippen molar-refractivity contribution in [3.63, 3.8) is 0 Å². The lowest BCUT2D eigenvalue weighted by Crippen LogP contribution is -2.26. The van der Waals surface area contributed by atoms with Crippen LogP contribution in [0.3, 0.4) is 0 Å². The quantitative estimate of drug-likeness (QED) is 0.886. The Morgan fingerprint density at radius 1 is 1.09 bits per heavy atom. The van der Waals surface area contributed by atoms with E-state index in [2.05, 4.69) is 15.6 Å². The summed E-state index contributed by atoms with van der Waals surface area (Å²) in [6, 6.07) is 6.69. The molecule has 23 heavy (non-hydrogen) atoms. The molecule has 2 aromatic rings. The summed E-state index contributed by atoms with van der Waals surface area (Å²) < 4.78 is 0. The lowest BCUT2D eigenvalue weighted by molar-refractivity contribution is 0.0950. The van der Waals surface area contributed by atoms with Gasteiger partial charge in [-0.15, -0.1) is 0 Å². The maximum Gasteiger partial charge on any atom is 0.257 e. The van der Waals surface area contributed by atoms with Crippen molar-refractivity contribution < 1.29 is 9.59 Å². The minimum absolute atomic E-state index is 0.226. The van der Waals surface area contributed by atoms with Crippen LogP contribution in [-0.2, 0) is 0 Å². The molecule has 0 unspecified atom stereocenters. The van der Waals surface area contributed by atoms with E-state index in [9.17, 15) is 9.59 Å². The summed E-state index contributed by atoms with van der Waals surface area (Å²) in [4.78, 5) is 28.3. The number of halogens is 2. The molecule has 2 N–H and O–H groups in total. The van der Waals surface area contributed by atoms with E-state index >= 15 is 0 Å². The Morgan fingerprint density at radius 3 is 2.48 bits per heavy atom. The molecule has 118 valence electrons. The average molecular weight is 350 g/mol. The van der Waals surface area contributed by atoms with Crippen molar-refractivity contribution in [3.8, 4) is 0 Å². The van der Waals surface area contributed by atoms with Gasteiger partial charge in [-0.3, -0.25) is 14.6 Å². The van der Waals surface area contributed by atoms with E-state index in [1.165, 1.54) is 18.5 Å². The molecule has 1 aliphatic carbocycles. The third-order valence-electron chi connectivity index (χ3n) is 3.37. The largest absolute Gasteiger partial charge is 0.349 e. The van der Waals surface area contributed by atoms with Crippen LogP contribution in [0.2, 0.25) is 10.0 Å². The fraction of sp³-hybridized carbons (Fsp3) is 0.188. The number of anilines is 1. The smallest absolute Gasteiger partial charge is 0.257 e. The van der Waals surface area contributed by atoms with E-state index in [4.69, 9.17) is 23.2 Å². The van der Waals surface area contributed by atoms with Crippen molar-refractivity contribution in [1.29, 1.82) is 0 Å². The van der Waals surface area contributed by atoms with Gasteiger partial charge in [-0.05, 0) is 31.0 Å². The van der Waals surface area contributed by atoms with Crippen LogP contribution in [0.15, 0.2) is 36.7 Å². The second-order valence-corrected chi connectivity index (χ2v) is 6.05. The molecule has 0 radical (unpaired) electrons. The van der Waals surface area contributed by atoms with E-state index in [0.717, 1.165) is 12.8 Å². The summed E-state index contributed by atoms with van der Waals surface area (Å²) in [6.45, 7) is 0. The number of aromatic nitrogens is 1. The average Bonchev–Trinajstić information content (AvgIpc) is 3.36. The highest BCUT2D eigenvalue weighted by Gasteiger charge is 2.24. The zero-order valence-corrected chi connectivity index (χ0v) is 13.5. The number of carbonyl (C=O) groups is 2. The van der Waals surface area contributed by atoms with Crippen molar-refractivity contribution >= 4 is 40.7 Å². The first-order valence-electron chi connectivity index (χ1n) is 7.06. The number of rotatable bonds is 4. The van der Waals surface area contributed by atoms with Crippen LogP contribution >= 0.6 is 23.2 Å². The van der Waals surface area contributed by atoms with Crippen LogP contribution in [0.1, 0.15) is 33.6 Å². The monoisotopic (exact) mass is 349 g/mol. The Bertz CT molecular complexity index is 776. The van der Waals surface area contributed by atoms with Gasteiger partial charge in [-0.2, -0.15) is 0 Å². The SMILES string of the molecule is O=C(Nc1cccc(Cl)c1Cl)c1cncc(C(=O)NC2CC2)c1. The predicted octanol–water partition coefficient (Wildman–Crippen LogP) is 3.53. The number of benzene rings is 1. The van der Waals surface area contributed by atoms with Crippen molar-refractivity contribution in [3.05, 3.63) is 57.8 Å². The molecule has 5 nitrogen and oxygen atoms in total. The van der Waals surface area contributed by atoms with Gasteiger partial charge in [0.25, 0.3) is 11.8 Å². The summed E-state index contributed by atoms with van der Waals surface area (Å²) >= 11 is 12.0. The molecule has 1 saturated carbocycles. The fourth-order valence-corrected chi connectivity index (χ4v) is 2.33. The van der Waals surface area contributed by atoms with Crippen LogP contribution in [0, 0.1) is 0 Å². The molecular weight excluding hydrogens is 337 g/mol. The lowest BCUT2D eigenvalue weighted by atomic mass is 10.2. The molecule has 3 rings (SSSR count). The number of hydrogen-bond acceptors (Lipinski definition) is 3. The van der Waals surface area contributed by atoms with E-state index in [0.29, 0.717) is 16.3 Å². The van der Waals surface area contributed by atoms with E-state index in [1.807, 2.05) is 0 Å². The maximum absolute atomic E-state index is 12.3. The minimum atomic E-state index is -0.414. The third kappa shape index (κ3) is 3.81. The first-order chi connectivity index (χ1) is 11.0. The third-order valence-corrected chi connectivity index (χ3v) is 4.19. The summed E-state index contributed by atoms with van der Waals surface area (Å²) in [5.41, 5.74) is 1.02. The summed E-state index contributed by atoms with van der Waals surface area (Å²) in [7, 11) is 0. The molecular formula is C16H13Cl2N3O2. The van der Waals surface area contributed by atoms with E-state index < -0.39 is 5.91 Å².